The summed E-state index contributed by atoms with van der Waals surface area (Å²) in [5.74, 6) is 0.881. The maximum Gasteiger partial charge on any atom is 0.310 e. The van der Waals surface area contributed by atoms with Crippen molar-refractivity contribution in [2.24, 2.45) is 4.99 Å². The van der Waals surface area contributed by atoms with E-state index in [9.17, 15) is 5.11 Å². The molecule has 0 fully saturated rings. The first-order valence-corrected chi connectivity index (χ1v) is 7.44. The molecule has 0 bridgehead atoms. The molecule has 0 saturated carbocycles. The van der Waals surface area contributed by atoms with Gasteiger partial charge in [0.1, 0.15) is 11.4 Å². The predicted molar refractivity (Wildman–Crippen MR) is 92.6 cm³/mol. The molecule has 0 aliphatic carbocycles. The number of aliphatic imine (C=N–C) groups is 1. The van der Waals surface area contributed by atoms with Gasteiger partial charge in [0.15, 0.2) is 0 Å². The van der Waals surface area contributed by atoms with Gasteiger partial charge < -0.3 is 14.3 Å². The molecule has 0 spiro atoms. The highest BCUT2D eigenvalue weighted by Crippen LogP contribution is 2.34. The van der Waals surface area contributed by atoms with E-state index in [2.05, 4.69) is 9.98 Å². The minimum absolute atomic E-state index is 0.217. The van der Waals surface area contributed by atoms with Crippen molar-refractivity contribution in [3.8, 4) is 23.1 Å². The molecule has 0 atom stereocenters. The second kappa shape index (κ2) is 5.70. The minimum atomic E-state index is -0.217. The van der Waals surface area contributed by atoms with Crippen LogP contribution < -0.4 is 4.74 Å². The van der Waals surface area contributed by atoms with Gasteiger partial charge in [-0.1, -0.05) is 18.2 Å². The Bertz CT molecular complexity index is 953. The number of aromatic hydroxyl groups is 1. The molecule has 5 nitrogen and oxygen atoms in total. The van der Waals surface area contributed by atoms with E-state index in [4.69, 9.17) is 9.15 Å². The molecule has 118 valence electrons. The molecule has 1 aliphatic rings. The van der Waals surface area contributed by atoms with Gasteiger partial charge in [0.25, 0.3) is 0 Å². The smallest absolute Gasteiger partial charge is 0.310 e. The summed E-state index contributed by atoms with van der Waals surface area (Å²) in [6.45, 7) is 0. The maximum absolute atomic E-state index is 10.1. The molecule has 4 rings (SSSR count). The van der Waals surface area contributed by atoms with E-state index in [1.807, 2.05) is 48.5 Å². The van der Waals surface area contributed by atoms with Crippen LogP contribution in [0.3, 0.4) is 0 Å². The summed E-state index contributed by atoms with van der Waals surface area (Å²) >= 11 is 0. The van der Waals surface area contributed by atoms with Crippen molar-refractivity contribution >= 4 is 23.6 Å². The van der Waals surface area contributed by atoms with Crippen molar-refractivity contribution in [2.75, 3.05) is 7.11 Å². The van der Waals surface area contributed by atoms with Crippen LogP contribution in [0.5, 0.6) is 11.7 Å². The summed E-state index contributed by atoms with van der Waals surface area (Å²) < 4.78 is 10.5. The Kier molecular flexibility index (Phi) is 3.39. The van der Waals surface area contributed by atoms with Gasteiger partial charge in [-0.2, -0.15) is 0 Å². The molecule has 1 aliphatic heterocycles. The standard InChI is InChI=1S/C19H14N2O3/c1-23-14-8-6-12(7-9-14)18-21-17(19(22)24-18)10-13-11-20-16-5-3-2-4-15(13)16/h2-11,22H,1H3/b13-10+. The molecule has 1 aromatic heterocycles. The van der Waals surface area contributed by atoms with Crippen molar-refractivity contribution in [3.63, 3.8) is 0 Å². The molecular formula is C19H14N2O3. The molecular weight excluding hydrogens is 304 g/mol. The lowest BCUT2D eigenvalue weighted by Gasteiger charge is -1.99. The molecule has 0 radical (unpaired) electrons. The Morgan fingerprint density at radius 1 is 1.08 bits per heavy atom. The summed E-state index contributed by atoms with van der Waals surface area (Å²) in [6.07, 6.45) is 3.52. The number of hydrogen-bond acceptors (Lipinski definition) is 5. The first kappa shape index (κ1) is 14.3. The van der Waals surface area contributed by atoms with E-state index in [0.29, 0.717) is 11.6 Å². The number of ether oxygens (including phenoxy) is 1. The zero-order valence-corrected chi connectivity index (χ0v) is 12.9. The quantitative estimate of drug-likeness (QED) is 0.781. The monoisotopic (exact) mass is 318 g/mol. The van der Waals surface area contributed by atoms with Crippen molar-refractivity contribution < 1.29 is 14.3 Å². The number of methoxy groups -OCH3 is 1. The summed E-state index contributed by atoms with van der Waals surface area (Å²) in [4.78, 5) is 8.72. The SMILES string of the molecule is COc1ccc(-c2nc(/C=C3\C=Nc4ccccc43)c(O)o2)cc1. The van der Waals surface area contributed by atoms with Crippen LogP contribution in [0.25, 0.3) is 23.1 Å². The van der Waals surface area contributed by atoms with Crippen LogP contribution >= 0.6 is 0 Å². The summed E-state index contributed by atoms with van der Waals surface area (Å²) in [6, 6.07) is 15.1. The van der Waals surface area contributed by atoms with Crippen molar-refractivity contribution in [1.29, 1.82) is 0 Å². The van der Waals surface area contributed by atoms with Crippen LogP contribution in [0.2, 0.25) is 0 Å². The fourth-order valence-electron chi connectivity index (χ4n) is 2.58. The van der Waals surface area contributed by atoms with Gasteiger partial charge in [-0.25, -0.2) is 4.98 Å². The Labute approximate surface area is 138 Å². The number of benzene rings is 2. The lowest BCUT2D eigenvalue weighted by atomic mass is 10.1. The highest BCUT2D eigenvalue weighted by molar-refractivity contribution is 6.21. The Morgan fingerprint density at radius 2 is 1.88 bits per heavy atom. The fraction of sp³-hybridized carbons (Fsp3) is 0.0526. The number of rotatable bonds is 3. The van der Waals surface area contributed by atoms with Crippen LogP contribution in [0.15, 0.2) is 57.9 Å². The number of para-hydroxylation sites is 1. The van der Waals surface area contributed by atoms with Crippen LogP contribution in [0.4, 0.5) is 5.69 Å². The van der Waals surface area contributed by atoms with Gasteiger partial charge in [0.05, 0.1) is 12.8 Å². The van der Waals surface area contributed by atoms with Gasteiger partial charge in [-0.05, 0) is 36.4 Å². The topological polar surface area (TPSA) is 67.9 Å². The molecule has 0 amide bonds. The van der Waals surface area contributed by atoms with Gasteiger partial charge in [-0.3, -0.25) is 4.99 Å². The normalized spacial score (nSPS) is 14.1. The van der Waals surface area contributed by atoms with Gasteiger partial charge in [0, 0.05) is 22.9 Å². The van der Waals surface area contributed by atoms with E-state index in [-0.39, 0.29) is 5.95 Å². The zero-order valence-electron chi connectivity index (χ0n) is 12.9. The molecule has 24 heavy (non-hydrogen) atoms. The van der Waals surface area contributed by atoms with E-state index < -0.39 is 0 Å². The molecule has 2 aromatic carbocycles. The Hall–Kier alpha value is -3.34. The van der Waals surface area contributed by atoms with Gasteiger partial charge >= 0.3 is 5.95 Å². The molecule has 3 aromatic rings. The highest BCUT2D eigenvalue weighted by Gasteiger charge is 2.16. The Balaban J connectivity index is 1.69. The number of fused-ring (bicyclic) bond motifs is 1. The molecule has 1 N–H and O–H groups in total. The van der Waals surface area contributed by atoms with E-state index in [1.165, 1.54) is 0 Å². The van der Waals surface area contributed by atoms with Crippen LogP contribution in [-0.2, 0) is 0 Å². The van der Waals surface area contributed by atoms with Gasteiger partial charge in [0.2, 0.25) is 5.89 Å². The van der Waals surface area contributed by atoms with Crippen molar-refractivity contribution in [2.45, 2.75) is 0 Å². The van der Waals surface area contributed by atoms with E-state index in [0.717, 1.165) is 28.1 Å². The lowest BCUT2D eigenvalue weighted by molar-refractivity contribution is 0.336. The van der Waals surface area contributed by atoms with Crippen LogP contribution in [-0.4, -0.2) is 23.4 Å². The number of oxazole rings is 1. The average Bonchev–Trinajstić information content (AvgIpc) is 3.20. The first-order valence-electron chi connectivity index (χ1n) is 7.44. The van der Waals surface area contributed by atoms with Crippen LogP contribution in [0, 0.1) is 0 Å². The van der Waals surface area contributed by atoms with E-state index in [1.54, 1.807) is 19.4 Å². The lowest BCUT2D eigenvalue weighted by Crippen LogP contribution is -1.84. The average molecular weight is 318 g/mol. The highest BCUT2D eigenvalue weighted by atomic mass is 16.5. The fourth-order valence-corrected chi connectivity index (χ4v) is 2.58. The third-order valence-electron chi connectivity index (χ3n) is 3.82. The molecule has 5 heteroatoms. The zero-order chi connectivity index (χ0) is 16.5. The number of nitrogens with zero attached hydrogens (tertiary/aromatic N) is 2. The number of hydrogen-bond donors (Lipinski definition) is 1. The summed E-state index contributed by atoms with van der Waals surface area (Å²) in [7, 11) is 1.61. The third kappa shape index (κ3) is 2.46. The van der Waals surface area contributed by atoms with Crippen molar-refractivity contribution in [3.05, 3.63) is 59.8 Å². The molecule has 0 saturated heterocycles. The van der Waals surface area contributed by atoms with E-state index >= 15 is 0 Å². The molecule has 2 heterocycles. The van der Waals surface area contributed by atoms with Crippen LogP contribution in [0.1, 0.15) is 11.3 Å². The van der Waals surface area contributed by atoms with Gasteiger partial charge in [-0.15, -0.1) is 0 Å². The summed E-state index contributed by atoms with van der Waals surface area (Å²) in [5.41, 5.74) is 3.93. The van der Waals surface area contributed by atoms with Crippen molar-refractivity contribution in [1.82, 2.24) is 4.98 Å². The second-order valence-corrected chi connectivity index (χ2v) is 5.31. The third-order valence-corrected chi connectivity index (χ3v) is 3.82. The summed E-state index contributed by atoms with van der Waals surface area (Å²) in [5, 5.41) is 10.1. The minimum Gasteiger partial charge on any atom is -0.497 e. The predicted octanol–water partition coefficient (Wildman–Crippen LogP) is 4.31. The second-order valence-electron chi connectivity index (χ2n) is 5.31. The first-order chi connectivity index (χ1) is 11.7. The maximum atomic E-state index is 10.1. The largest absolute Gasteiger partial charge is 0.497 e. The number of allylic oxidation sites excluding steroid dienone is 1. The molecule has 0 unspecified atom stereocenters. The Morgan fingerprint density at radius 3 is 2.67 bits per heavy atom. The number of aromatic nitrogens is 1.